The van der Waals surface area contributed by atoms with Gasteiger partial charge < -0.3 is 10.5 Å². The Morgan fingerprint density at radius 3 is 2.52 bits per heavy atom. The molecule has 6 heteroatoms. The van der Waals surface area contributed by atoms with E-state index in [0.717, 1.165) is 6.42 Å². The van der Waals surface area contributed by atoms with Gasteiger partial charge in [-0.1, -0.05) is 19.1 Å². The molecule has 0 fully saturated rings. The number of ether oxygens (including phenoxy) is 1. The molecule has 0 saturated carbocycles. The third-order valence-corrected chi connectivity index (χ3v) is 2.71. The third kappa shape index (κ3) is 5.37. The quantitative estimate of drug-likeness (QED) is 0.637. The van der Waals surface area contributed by atoms with E-state index < -0.39 is 11.9 Å². The number of primary amides is 1. The number of carbonyl (C=O) groups excluding carboxylic acids is 2. The Bertz CT molecular complexity index is 585. The molecule has 0 aliphatic rings. The molecule has 1 atom stereocenters. The second kappa shape index (κ2) is 7.70. The molecule has 0 saturated heterocycles. The summed E-state index contributed by atoms with van der Waals surface area (Å²) >= 11 is 0. The van der Waals surface area contributed by atoms with Crippen molar-refractivity contribution < 1.29 is 14.3 Å². The molecule has 0 bridgehead atoms. The van der Waals surface area contributed by atoms with E-state index in [1.807, 2.05) is 19.2 Å². The molecule has 3 N–H and O–H groups in total. The first-order chi connectivity index (χ1) is 9.96. The molecule has 1 rings (SSSR count). The SMILES string of the molecule is CC[C@@H](C)Oc1ccc(/C=C(/C#N)C(=O)NC(N)=O)cc1. The fraction of sp³-hybridized carbons (Fsp3) is 0.267. The zero-order valence-electron chi connectivity index (χ0n) is 11.9. The molecule has 0 spiro atoms. The number of nitriles is 1. The number of carbonyl (C=O) groups is 2. The first kappa shape index (κ1) is 16.2. The van der Waals surface area contributed by atoms with Gasteiger partial charge in [0.25, 0.3) is 5.91 Å². The van der Waals surface area contributed by atoms with Gasteiger partial charge in [0.15, 0.2) is 0 Å². The van der Waals surface area contributed by atoms with Crippen molar-refractivity contribution in [3.05, 3.63) is 35.4 Å². The first-order valence-corrected chi connectivity index (χ1v) is 6.45. The monoisotopic (exact) mass is 287 g/mol. The zero-order chi connectivity index (χ0) is 15.8. The number of nitrogens with two attached hydrogens (primary N) is 1. The van der Waals surface area contributed by atoms with Crippen LogP contribution in [0, 0.1) is 11.3 Å². The number of rotatable bonds is 5. The Labute approximate surface area is 123 Å². The molecule has 6 nitrogen and oxygen atoms in total. The van der Waals surface area contributed by atoms with Gasteiger partial charge in [0.05, 0.1) is 6.10 Å². The summed E-state index contributed by atoms with van der Waals surface area (Å²) in [4.78, 5) is 22.1. The molecule has 0 heterocycles. The molecule has 21 heavy (non-hydrogen) atoms. The van der Waals surface area contributed by atoms with Gasteiger partial charge in [-0.25, -0.2) is 4.79 Å². The van der Waals surface area contributed by atoms with Gasteiger partial charge >= 0.3 is 6.03 Å². The maximum Gasteiger partial charge on any atom is 0.319 e. The molecule has 1 aromatic carbocycles. The van der Waals surface area contributed by atoms with E-state index in [1.54, 1.807) is 30.3 Å². The van der Waals surface area contributed by atoms with E-state index in [1.165, 1.54) is 6.08 Å². The molecule has 110 valence electrons. The van der Waals surface area contributed by atoms with Crippen LogP contribution in [-0.4, -0.2) is 18.0 Å². The predicted octanol–water partition coefficient (Wildman–Crippen LogP) is 1.97. The number of nitrogens with one attached hydrogen (secondary N) is 1. The van der Waals surface area contributed by atoms with E-state index in [-0.39, 0.29) is 11.7 Å². The maximum absolute atomic E-state index is 11.5. The summed E-state index contributed by atoms with van der Waals surface area (Å²) in [5, 5.41) is 10.8. The zero-order valence-corrected chi connectivity index (χ0v) is 11.9. The minimum atomic E-state index is -1.00. The average Bonchev–Trinajstić information content (AvgIpc) is 2.45. The van der Waals surface area contributed by atoms with Crippen LogP contribution >= 0.6 is 0 Å². The minimum Gasteiger partial charge on any atom is -0.491 e. The second-order valence-corrected chi connectivity index (χ2v) is 4.39. The van der Waals surface area contributed by atoms with Crippen LogP contribution in [0.2, 0.25) is 0 Å². The van der Waals surface area contributed by atoms with Crippen molar-refractivity contribution in [2.45, 2.75) is 26.4 Å². The van der Waals surface area contributed by atoms with Crippen LogP contribution < -0.4 is 15.8 Å². The molecular weight excluding hydrogens is 270 g/mol. The summed E-state index contributed by atoms with van der Waals surface area (Å²) in [5.74, 6) is -0.119. The van der Waals surface area contributed by atoms with Gasteiger partial charge in [0.1, 0.15) is 17.4 Å². The Morgan fingerprint density at radius 2 is 2.05 bits per heavy atom. The normalized spacial score (nSPS) is 12.1. The lowest BCUT2D eigenvalue weighted by Gasteiger charge is -2.12. The summed E-state index contributed by atoms with van der Waals surface area (Å²) in [7, 11) is 0. The molecule has 3 amide bonds. The Kier molecular flexibility index (Phi) is 5.96. The molecule has 0 aliphatic heterocycles. The Balaban J connectivity index is 2.85. The lowest BCUT2D eigenvalue weighted by atomic mass is 10.1. The van der Waals surface area contributed by atoms with Crippen molar-refractivity contribution in [2.75, 3.05) is 0 Å². The molecular formula is C15H17N3O3. The Hall–Kier alpha value is -2.81. The first-order valence-electron chi connectivity index (χ1n) is 6.45. The average molecular weight is 287 g/mol. The topological polar surface area (TPSA) is 105 Å². The van der Waals surface area contributed by atoms with Crippen LogP contribution in [0.1, 0.15) is 25.8 Å². The van der Waals surface area contributed by atoms with Crippen molar-refractivity contribution in [2.24, 2.45) is 5.73 Å². The van der Waals surface area contributed by atoms with Crippen molar-refractivity contribution in [3.8, 4) is 11.8 Å². The molecule has 0 unspecified atom stereocenters. The largest absolute Gasteiger partial charge is 0.491 e. The number of amides is 3. The second-order valence-electron chi connectivity index (χ2n) is 4.39. The number of hydrogen-bond donors (Lipinski definition) is 2. The summed E-state index contributed by atoms with van der Waals surface area (Å²) in [6.07, 6.45) is 2.38. The van der Waals surface area contributed by atoms with Crippen LogP contribution in [-0.2, 0) is 4.79 Å². The number of benzene rings is 1. The predicted molar refractivity (Wildman–Crippen MR) is 78.1 cm³/mol. The molecule has 0 radical (unpaired) electrons. The van der Waals surface area contributed by atoms with E-state index in [2.05, 4.69) is 0 Å². The molecule has 0 aliphatic carbocycles. The summed E-state index contributed by atoms with van der Waals surface area (Å²) in [6, 6.07) is 7.65. The fourth-order valence-electron chi connectivity index (χ4n) is 1.45. The summed E-state index contributed by atoms with van der Waals surface area (Å²) in [5.41, 5.74) is 5.27. The van der Waals surface area contributed by atoms with Crippen LogP contribution in [0.15, 0.2) is 29.8 Å². The Morgan fingerprint density at radius 1 is 1.43 bits per heavy atom. The molecule has 0 aromatic heterocycles. The van der Waals surface area contributed by atoms with Crippen LogP contribution in [0.25, 0.3) is 6.08 Å². The highest BCUT2D eigenvalue weighted by Crippen LogP contribution is 2.16. The van der Waals surface area contributed by atoms with Gasteiger partial charge in [0.2, 0.25) is 0 Å². The lowest BCUT2D eigenvalue weighted by Crippen LogP contribution is -2.35. The number of urea groups is 1. The van der Waals surface area contributed by atoms with E-state index in [9.17, 15) is 9.59 Å². The van der Waals surface area contributed by atoms with Crippen molar-refractivity contribution in [1.82, 2.24) is 5.32 Å². The molecule has 1 aromatic rings. The van der Waals surface area contributed by atoms with Gasteiger partial charge in [0, 0.05) is 0 Å². The maximum atomic E-state index is 11.5. The van der Waals surface area contributed by atoms with Crippen molar-refractivity contribution in [3.63, 3.8) is 0 Å². The highest BCUT2D eigenvalue weighted by molar-refractivity contribution is 6.08. The number of nitrogens with zero attached hydrogens (tertiary/aromatic N) is 1. The van der Waals surface area contributed by atoms with Crippen LogP contribution in [0.3, 0.4) is 0 Å². The highest BCUT2D eigenvalue weighted by atomic mass is 16.5. The number of hydrogen-bond acceptors (Lipinski definition) is 4. The lowest BCUT2D eigenvalue weighted by molar-refractivity contribution is -0.115. The van der Waals surface area contributed by atoms with Crippen molar-refractivity contribution in [1.29, 1.82) is 5.26 Å². The van der Waals surface area contributed by atoms with Gasteiger partial charge in [-0.2, -0.15) is 5.26 Å². The van der Waals surface area contributed by atoms with Gasteiger partial charge in [-0.3, -0.25) is 10.1 Å². The fourth-order valence-corrected chi connectivity index (χ4v) is 1.45. The van der Waals surface area contributed by atoms with Gasteiger partial charge in [-0.15, -0.1) is 0 Å². The van der Waals surface area contributed by atoms with Crippen LogP contribution in [0.5, 0.6) is 5.75 Å². The van der Waals surface area contributed by atoms with E-state index in [4.69, 9.17) is 15.7 Å². The number of imide groups is 1. The summed E-state index contributed by atoms with van der Waals surface area (Å²) < 4.78 is 5.62. The smallest absolute Gasteiger partial charge is 0.319 e. The standard InChI is InChI=1S/C15H17N3O3/c1-3-10(2)21-13-6-4-11(5-7-13)8-12(9-16)14(19)18-15(17)20/h4-8,10H,3H2,1-2H3,(H3,17,18,19,20)/b12-8-/t10-/m1/s1. The summed E-state index contributed by atoms with van der Waals surface area (Å²) in [6.45, 7) is 3.99. The van der Waals surface area contributed by atoms with Gasteiger partial charge in [-0.05, 0) is 37.1 Å². The van der Waals surface area contributed by atoms with Crippen molar-refractivity contribution >= 4 is 18.0 Å². The van der Waals surface area contributed by atoms with E-state index in [0.29, 0.717) is 11.3 Å². The van der Waals surface area contributed by atoms with Crippen LogP contribution in [0.4, 0.5) is 4.79 Å². The van der Waals surface area contributed by atoms with E-state index >= 15 is 0 Å². The highest BCUT2D eigenvalue weighted by Gasteiger charge is 2.10. The minimum absolute atomic E-state index is 0.113. The third-order valence-electron chi connectivity index (χ3n) is 2.71.